The Labute approximate surface area is 90.6 Å². The molecule has 0 saturated carbocycles. The van der Waals surface area contributed by atoms with E-state index in [1.54, 1.807) is 22.7 Å². The number of nitrogens with one attached hydrogen (secondary N) is 1. The van der Waals surface area contributed by atoms with Crippen molar-refractivity contribution in [2.75, 3.05) is 0 Å². The van der Waals surface area contributed by atoms with Gasteiger partial charge in [0.2, 0.25) is 0 Å². The molecule has 14 heavy (non-hydrogen) atoms. The SMILES string of the molecule is NNC(Cc1ccsc1)c1cncs1. The maximum atomic E-state index is 5.51. The third-order valence-corrected chi connectivity index (χ3v) is 3.64. The molecule has 0 aromatic carbocycles. The molecule has 3 N–H and O–H groups in total. The minimum Gasteiger partial charge on any atom is -0.271 e. The van der Waals surface area contributed by atoms with Gasteiger partial charge in [-0.25, -0.2) is 0 Å². The normalized spacial score (nSPS) is 12.9. The second-order valence-electron chi connectivity index (χ2n) is 2.96. The van der Waals surface area contributed by atoms with Crippen LogP contribution in [0.4, 0.5) is 0 Å². The molecule has 0 amide bonds. The minimum atomic E-state index is 0.178. The van der Waals surface area contributed by atoms with Gasteiger partial charge in [0.15, 0.2) is 0 Å². The Balaban J connectivity index is 2.08. The van der Waals surface area contributed by atoms with E-state index in [0.29, 0.717) is 0 Å². The number of aromatic nitrogens is 1. The van der Waals surface area contributed by atoms with Crippen molar-refractivity contribution in [1.82, 2.24) is 10.4 Å². The Bertz CT molecular complexity index is 355. The van der Waals surface area contributed by atoms with Gasteiger partial charge in [-0.15, -0.1) is 11.3 Å². The number of rotatable bonds is 4. The fourth-order valence-electron chi connectivity index (χ4n) is 1.28. The largest absolute Gasteiger partial charge is 0.271 e. The van der Waals surface area contributed by atoms with Gasteiger partial charge < -0.3 is 0 Å². The highest BCUT2D eigenvalue weighted by Crippen LogP contribution is 2.21. The maximum Gasteiger partial charge on any atom is 0.0794 e. The molecule has 0 aliphatic rings. The second-order valence-corrected chi connectivity index (χ2v) is 4.66. The minimum absolute atomic E-state index is 0.178. The van der Waals surface area contributed by atoms with Gasteiger partial charge in [-0.2, -0.15) is 11.3 Å². The van der Waals surface area contributed by atoms with E-state index in [2.05, 4.69) is 27.2 Å². The lowest BCUT2D eigenvalue weighted by molar-refractivity contribution is 0.560. The summed E-state index contributed by atoms with van der Waals surface area (Å²) in [5.41, 5.74) is 5.96. The average molecular weight is 225 g/mol. The highest BCUT2D eigenvalue weighted by Gasteiger charge is 2.11. The van der Waals surface area contributed by atoms with E-state index in [1.165, 1.54) is 10.4 Å². The van der Waals surface area contributed by atoms with Crippen molar-refractivity contribution in [2.45, 2.75) is 12.5 Å². The lowest BCUT2D eigenvalue weighted by Gasteiger charge is -2.12. The Hall–Kier alpha value is -0.750. The Kier molecular flexibility index (Phi) is 3.26. The van der Waals surface area contributed by atoms with Crippen molar-refractivity contribution in [3.05, 3.63) is 39.0 Å². The van der Waals surface area contributed by atoms with Crippen LogP contribution in [0.1, 0.15) is 16.5 Å². The topological polar surface area (TPSA) is 50.9 Å². The van der Waals surface area contributed by atoms with Crippen LogP contribution in [0.3, 0.4) is 0 Å². The summed E-state index contributed by atoms with van der Waals surface area (Å²) in [7, 11) is 0. The van der Waals surface area contributed by atoms with Crippen LogP contribution in [-0.2, 0) is 6.42 Å². The van der Waals surface area contributed by atoms with Gasteiger partial charge in [-0.1, -0.05) is 0 Å². The fourth-order valence-corrected chi connectivity index (χ4v) is 2.65. The Morgan fingerprint density at radius 3 is 3.07 bits per heavy atom. The van der Waals surface area contributed by atoms with Crippen molar-refractivity contribution < 1.29 is 0 Å². The number of nitrogens with two attached hydrogens (primary N) is 1. The molecule has 74 valence electrons. The van der Waals surface area contributed by atoms with Gasteiger partial charge in [-0.3, -0.25) is 16.3 Å². The van der Waals surface area contributed by atoms with Crippen LogP contribution < -0.4 is 11.3 Å². The average Bonchev–Trinajstić information content (AvgIpc) is 2.86. The zero-order valence-corrected chi connectivity index (χ0v) is 9.15. The first-order valence-corrected chi connectivity index (χ1v) is 6.08. The summed E-state index contributed by atoms with van der Waals surface area (Å²) in [5, 5.41) is 4.22. The molecule has 0 aliphatic heterocycles. The molecule has 3 nitrogen and oxygen atoms in total. The van der Waals surface area contributed by atoms with E-state index in [4.69, 9.17) is 5.84 Å². The monoisotopic (exact) mass is 225 g/mol. The molecule has 0 spiro atoms. The molecule has 2 rings (SSSR count). The quantitative estimate of drug-likeness (QED) is 0.617. The molecule has 1 atom stereocenters. The first-order valence-electron chi connectivity index (χ1n) is 4.25. The molecular formula is C9H11N3S2. The predicted octanol–water partition coefficient (Wildman–Crippen LogP) is 1.95. The van der Waals surface area contributed by atoms with Crippen LogP contribution >= 0.6 is 22.7 Å². The molecule has 2 aromatic heterocycles. The molecule has 0 saturated heterocycles. The van der Waals surface area contributed by atoms with Crippen molar-refractivity contribution >= 4 is 22.7 Å². The van der Waals surface area contributed by atoms with Crippen LogP contribution in [0.2, 0.25) is 0 Å². The molecule has 0 radical (unpaired) electrons. The lowest BCUT2D eigenvalue weighted by atomic mass is 10.1. The van der Waals surface area contributed by atoms with Gasteiger partial charge in [0.25, 0.3) is 0 Å². The molecule has 1 unspecified atom stereocenters. The highest BCUT2D eigenvalue weighted by atomic mass is 32.1. The number of thiazole rings is 1. The van der Waals surface area contributed by atoms with Crippen molar-refractivity contribution in [1.29, 1.82) is 0 Å². The third kappa shape index (κ3) is 2.19. The predicted molar refractivity (Wildman–Crippen MR) is 60.2 cm³/mol. The van der Waals surface area contributed by atoms with Gasteiger partial charge in [0.1, 0.15) is 0 Å². The number of hydrogen-bond donors (Lipinski definition) is 2. The van der Waals surface area contributed by atoms with Gasteiger partial charge in [0.05, 0.1) is 11.6 Å². The summed E-state index contributed by atoms with van der Waals surface area (Å²) >= 11 is 3.34. The van der Waals surface area contributed by atoms with Crippen LogP contribution in [-0.4, -0.2) is 4.98 Å². The Morgan fingerprint density at radius 1 is 1.57 bits per heavy atom. The summed E-state index contributed by atoms with van der Waals surface area (Å²) in [4.78, 5) is 5.23. The summed E-state index contributed by atoms with van der Waals surface area (Å²) in [6.45, 7) is 0. The Morgan fingerprint density at radius 2 is 2.50 bits per heavy atom. The van der Waals surface area contributed by atoms with Crippen molar-refractivity contribution in [3.63, 3.8) is 0 Å². The number of hydrogen-bond acceptors (Lipinski definition) is 5. The molecule has 0 aliphatic carbocycles. The molecule has 2 aromatic rings. The molecule has 2 heterocycles. The van der Waals surface area contributed by atoms with Gasteiger partial charge in [0, 0.05) is 11.1 Å². The van der Waals surface area contributed by atoms with Crippen molar-refractivity contribution in [3.8, 4) is 0 Å². The summed E-state index contributed by atoms with van der Waals surface area (Å²) < 4.78 is 0. The zero-order valence-electron chi connectivity index (χ0n) is 7.51. The van der Waals surface area contributed by atoms with E-state index in [-0.39, 0.29) is 6.04 Å². The number of nitrogens with zero attached hydrogens (tertiary/aromatic N) is 1. The lowest BCUT2D eigenvalue weighted by Crippen LogP contribution is -2.28. The first-order chi connectivity index (χ1) is 6.90. The summed E-state index contributed by atoms with van der Waals surface area (Å²) in [5.74, 6) is 5.51. The van der Waals surface area contributed by atoms with E-state index in [0.717, 1.165) is 6.42 Å². The van der Waals surface area contributed by atoms with Crippen LogP contribution in [0.25, 0.3) is 0 Å². The zero-order chi connectivity index (χ0) is 9.80. The van der Waals surface area contributed by atoms with Crippen molar-refractivity contribution in [2.24, 2.45) is 5.84 Å². The van der Waals surface area contributed by atoms with Crippen LogP contribution in [0, 0.1) is 0 Å². The number of thiophene rings is 1. The van der Waals surface area contributed by atoms with Gasteiger partial charge >= 0.3 is 0 Å². The van der Waals surface area contributed by atoms with E-state index >= 15 is 0 Å². The van der Waals surface area contributed by atoms with Crippen LogP contribution in [0.5, 0.6) is 0 Å². The van der Waals surface area contributed by atoms with E-state index < -0.39 is 0 Å². The third-order valence-electron chi connectivity index (χ3n) is 2.02. The molecule has 5 heteroatoms. The smallest absolute Gasteiger partial charge is 0.0794 e. The molecule has 0 fully saturated rings. The molecule has 0 bridgehead atoms. The van der Waals surface area contributed by atoms with Crippen LogP contribution in [0.15, 0.2) is 28.5 Å². The first kappa shape index (κ1) is 9.79. The standard InChI is InChI=1S/C9H11N3S2/c10-12-8(9-4-11-6-14-9)3-7-1-2-13-5-7/h1-2,4-6,8,12H,3,10H2. The highest BCUT2D eigenvalue weighted by molar-refractivity contribution is 7.09. The summed E-state index contributed by atoms with van der Waals surface area (Å²) in [6, 6.07) is 2.30. The fraction of sp³-hybridized carbons (Fsp3) is 0.222. The number of hydrazine groups is 1. The van der Waals surface area contributed by atoms with E-state index in [9.17, 15) is 0 Å². The van der Waals surface area contributed by atoms with Gasteiger partial charge in [-0.05, 0) is 28.8 Å². The maximum absolute atomic E-state index is 5.51. The summed E-state index contributed by atoms with van der Waals surface area (Å²) in [6.07, 6.45) is 2.78. The second kappa shape index (κ2) is 4.65. The van der Waals surface area contributed by atoms with E-state index in [1.807, 2.05) is 11.7 Å². The molecular weight excluding hydrogens is 214 g/mol.